The fourth-order valence-corrected chi connectivity index (χ4v) is 1.60. The van der Waals surface area contributed by atoms with Crippen molar-refractivity contribution in [2.45, 2.75) is 13.0 Å². The number of aryl methyl sites for hydroxylation is 1. The van der Waals surface area contributed by atoms with E-state index >= 15 is 0 Å². The van der Waals surface area contributed by atoms with Gasteiger partial charge in [0.15, 0.2) is 5.65 Å². The number of likely N-dealkylation sites (N-methyl/N-ethyl adjacent to an activating group) is 1. The average molecular weight is 220 g/mol. The first-order chi connectivity index (χ1) is 7.65. The van der Waals surface area contributed by atoms with Crippen LogP contribution in [0.25, 0.3) is 11.0 Å². The number of nitrogens with two attached hydrogens (primary N) is 1. The molecule has 0 aliphatic carbocycles. The van der Waals surface area contributed by atoms with Crippen LogP contribution in [-0.4, -0.2) is 39.4 Å². The Morgan fingerprint density at radius 3 is 2.94 bits per heavy atom. The zero-order valence-electron chi connectivity index (χ0n) is 9.75. The number of aromatic nitrogens is 4. The molecule has 0 saturated heterocycles. The number of hydrogen-bond donors (Lipinski definition) is 1. The van der Waals surface area contributed by atoms with Crippen LogP contribution in [0.15, 0.2) is 12.5 Å². The largest absolute Gasteiger partial charge is 0.355 e. The maximum atomic E-state index is 5.65. The predicted molar refractivity (Wildman–Crippen MR) is 63.2 cm³/mol. The van der Waals surface area contributed by atoms with E-state index in [4.69, 9.17) is 5.73 Å². The molecular weight excluding hydrogens is 204 g/mol. The van der Waals surface area contributed by atoms with Gasteiger partial charge in [0.1, 0.15) is 12.1 Å². The first kappa shape index (κ1) is 10.8. The normalized spacial score (nSPS) is 13.0. The highest BCUT2D eigenvalue weighted by molar-refractivity contribution is 5.86. The Morgan fingerprint density at radius 2 is 2.25 bits per heavy atom. The highest BCUT2D eigenvalue weighted by Gasteiger charge is 2.14. The van der Waals surface area contributed by atoms with Crippen LogP contribution in [0.5, 0.6) is 0 Å². The average Bonchev–Trinajstić information content (AvgIpc) is 2.69. The molecule has 16 heavy (non-hydrogen) atoms. The van der Waals surface area contributed by atoms with Gasteiger partial charge in [-0.2, -0.15) is 5.10 Å². The van der Waals surface area contributed by atoms with E-state index in [0.717, 1.165) is 16.9 Å². The summed E-state index contributed by atoms with van der Waals surface area (Å²) in [6.45, 7) is 2.65. The van der Waals surface area contributed by atoms with E-state index in [-0.39, 0.29) is 6.04 Å². The molecule has 2 rings (SSSR count). The summed E-state index contributed by atoms with van der Waals surface area (Å²) >= 11 is 0. The van der Waals surface area contributed by atoms with Crippen molar-refractivity contribution in [3.05, 3.63) is 12.5 Å². The number of anilines is 1. The molecule has 0 amide bonds. The summed E-state index contributed by atoms with van der Waals surface area (Å²) in [6.07, 6.45) is 3.34. The molecule has 86 valence electrons. The standard InChI is InChI=1S/C10H16N6/c1-7(4-11)15(2)9-8-5-14-16(3)10(8)13-6-12-9/h5-7H,4,11H2,1-3H3. The molecule has 0 saturated carbocycles. The summed E-state index contributed by atoms with van der Waals surface area (Å²) in [6, 6.07) is 0.235. The van der Waals surface area contributed by atoms with E-state index in [2.05, 4.69) is 22.0 Å². The molecule has 6 nitrogen and oxygen atoms in total. The van der Waals surface area contributed by atoms with Gasteiger partial charge >= 0.3 is 0 Å². The Hall–Kier alpha value is -1.69. The monoisotopic (exact) mass is 220 g/mol. The lowest BCUT2D eigenvalue weighted by molar-refractivity contribution is 0.689. The van der Waals surface area contributed by atoms with Crippen molar-refractivity contribution in [1.29, 1.82) is 0 Å². The first-order valence-electron chi connectivity index (χ1n) is 5.20. The highest BCUT2D eigenvalue weighted by Crippen LogP contribution is 2.21. The fourth-order valence-electron chi connectivity index (χ4n) is 1.60. The van der Waals surface area contributed by atoms with Gasteiger partial charge in [0, 0.05) is 26.7 Å². The van der Waals surface area contributed by atoms with E-state index in [1.54, 1.807) is 17.2 Å². The highest BCUT2D eigenvalue weighted by atomic mass is 15.3. The third kappa shape index (κ3) is 1.61. The van der Waals surface area contributed by atoms with Crippen LogP contribution in [0, 0.1) is 0 Å². The van der Waals surface area contributed by atoms with Gasteiger partial charge in [0.05, 0.1) is 11.6 Å². The number of fused-ring (bicyclic) bond motifs is 1. The summed E-state index contributed by atoms with van der Waals surface area (Å²) in [5, 5.41) is 5.13. The molecule has 0 aliphatic rings. The summed E-state index contributed by atoms with van der Waals surface area (Å²) < 4.78 is 1.74. The van der Waals surface area contributed by atoms with Crippen LogP contribution < -0.4 is 10.6 Å². The molecule has 2 aromatic heterocycles. The summed E-state index contributed by atoms with van der Waals surface area (Å²) in [7, 11) is 3.85. The van der Waals surface area contributed by atoms with E-state index in [1.165, 1.54) is 0 Å². The van der Waals surface area contributed by atoms with E-state index in [1.807, 2.05) is 19.0 Å². The molecule has 0 bridgehead atoms. The second-order valence-corrected chi connectivity index (χ2v) is 3.90. The molecule has 0 spiro atoms. The maximum Gasteiger partial charge on any atom is 0.163 e. The zero-order chi connectivity index (χ0) is 11.7. The molecule has 1 atom stereocenters. The Balaban J connectivity index is 2.52. The Kier molecular flexibility index (Phi) is 2.74. The quantitative estimate of drug-likeness (QED) is 0.797. The van der Waals surface area contributed by atoms with Crippen LogP contribution in [0.3, 0.4) is 0 Å². The lowest BCUT2D eigenvalue weighted by Crippen LogP contribution is -2.35. The van der Waals surface area contributed by atoms with Crippen LogP contribution in [-0.2, 0) is 7.05 Å². The minimum atomic E-state index is 0.235. The molecule has 1 unspecified atom stereocenters. The van der Waals surface area contributed by atoms with Gasteiger partial charge in [-0.05, 0) is 6.92 Å². The van der Waals surface area contributed by atoms with Crippen molar-refractivity contribution in [2.75, 3.05) is 18.5 Å². The van der Waals surface area contributed by atoms with Crippen LogP contribution in [0.4, 0.5) is 5.82 Å². The third-order valence-corrected chi connectivity index (χ3v) is 2.84. The molecule has 0 fully saturated rings. The van der Waals surface area contributed by atoms with Gasteiger partial charge < -0.3 is 10.6 Å². The number of hydrogen-bond acceptors (Lipinski definition) is 5. The smallest absolute Gasteiger partial charge is 0.163 e. The number of nitrogens with zero attached hydrogens (tertiary/aromatic N) is 5. The summed E-state index contributed by atoms with van der Waals surface area (Å²) in [5.74, 6) is 0.871. The third-order valence-electron chi connectivity index (χ3n) is 2.84. The van der Waals surface area contributed by atoms with Crippen molar-refractivity contribution in [2.24, 2.45) is 12.8 Å². The van der Waals surface area contributed by atoms with E-state index in [9.17, 15) is 0 Å². The van der Waals surface area contributed by atoms with Crippen molar-refractivity contribution in [3.63, 3.8) is 0 Å². The van der Waals surface area contributed by atoms with Crippen molar-refractivity contribution in [1.82, 2.24) is 19.7 Å². The van der Waals surface area contributed by atoms with Crippen LogP contribution in [0.1, 0.15) is 6.92 Å². The van der Waals surface area contributed by atoms with Crippen molar-refractivity contribution in [3.8, 4) is 0 Å². The zero-order valence-corrected chi connectivity index (χ0v) is 9.75. The van der Waals surface area contributed by atoms with Gasteiger partial charge in [0.25, 0.3) is 0 Å². The van der Waals surface area contributed by atoms with E-state index in [0.29, 0.717) is 6.54 Å². The minimum Gasteiger partial charge on any atom is -0.355 e. The van der Waals surface area contributed by atoms with Crippen molar-refractivity contribution < 1.29 is 0 Å². The molecule has 2 aromatic rings. The Bertz CT molecular complexity index is 491. The lowest BCUT2D eigenvalue weighted by atomic mass is 10.2. The van der Waals surface area contributed by atoms with Gasteiger partial charge in [-0.1, -0.05) is 0 Å². The SMILES string of the molecule is CC(CN)N(C)c1ncnc2c1cnn2C. The second kappa shape index (κ2) is 4.05. The fraction of sp³-hybridized carbons (Fsp3) is 0.500. The molecule has 2 N–H and O–H groups in total. The van der Waals surface area contributed by atoms with Crippen LogP contribution >= 0.6 is 0 Å². The van der Waals surface area contributed by atoms with Gasteiger partial charge in [-0.3, -0.25) is 4.68 Å². The maximum absolute atomic E-state index is 5.65. The molecule has 0 aromatic carbocycles. The topological polar surface area (TPSA) is 72.9 Å². The van der Waals surface area contributed by atoms with Gasteiger partial charge in [0.2, 0.25) is 0 Å². The molecule has 0 radical (unpaired) electrons. The first-order valence-corrected chi connectivity index (χ1v) is 5.20. The van der Waals surface area contributed by atoms with Crippen molar-refractivity contribution >= 4 is 16.9 Å². The molecule has 2 heterocycles. The minimum absolute atomic E-state index is 0.235. The van der Waals surface area contributed by atoms with Gasteiger partial charge in [-0.25, -0.2) is 9.97 Å². The predicted octanol–water partition coefficient (Wildman–Crippen LogP) is 0.147. The summed E-state index contributed by atoms with van der Waals surface area (Å²) in [4.78, 5) is 10.5. The van der Waals surface area contributed by atoms with Crippen LogP contribution in [0.2, 0.25) is 0 Å². The second-order valence-electron chi connectivity index (χ2n) is 3.90. The Morgan fingerprint density at radius 1 is 1.50 bits per heavy atom. The molecule has 0 aliphatic heterocycles. The van der Waals surface area contributed by atoms with E-state index < -0.39 is 0 Å². The molecular formula is C10H16N6. The van der Waals surface area contributed by atoms with Gasteiger partial charge in [-0.15, -0.1) is 0 Å². The summed E-state index contributed by atoms with van der Waals surface area (Å²) in [5.41, 5.74) is 6.49. The molecule has 6 heteroatoms. The Labute approximate surface area is 94.1 Å². The number of rotatable bonds is 3. The lowest BCUT2D eigenvalue weighted by Gasteiger charge is -2.24.